The van der Waals surface area contributed by atoms with Crippen molar-refractivity contribution in [3.8, 4) is 0 Å². The van der Waals surface area contributed by atoms with Crippen LogP contribution in [0.25, 0.3) is 0 Å². The number of benzene rings is 1. The van der Waals surface area contributed by atoms with Crippen LogP contribution in [0.15, 0.2) is 24.3 Å². The molecule has 0 aromatic heterocycles. The second-order valence-electron chi connectivity index (χ2n) is 7.06. The van der Waals surface area contributed by atoms with E-state index in [-0.39, 0.29) is 0 Å². The van der Waals surface area contributed by atoms with Gasteiger partial charge in [-0.3, -0.25) is 4.90 Å². The van der Waals surface area contributed by atoms with E-state index in [1.165, 1.54) is 18.4 Å². The molecule has 1 aromatic rings. The zero-order chi connectivity index (χ0) is 15.0. The van der Waals surface area contributed by atoms with Crippen molar-refractivity contribution in [2.45, 2.75) is 51.7 Å². The molecule has 1 aliphatic heterocycles. The average molecular weight is 307 g/mol. The molecule has 0 amide bonds. The molecule has 3 atom stereocenters. The van der Waals surface area contributed by atoms with Gasteiger partial charge in [-0.25, -0.2) is 0 Å². The number of hydrogen-bond donors (Lipinski definition) is 1. The lowest BCUT2D eigenvalue weighted by Gasteiger charge is -2.46. The first-order chi connectivity index (χ1) is 10.1. The lowest BCUT2D eigenvalue weighted by molar-refractivity contribution is 0.0570. The van der Waals surface area contributed by atoms with Crippen LogP contribution in [0.1, 0.15) is 45.2 Å². The van der Waals surface area contributed by atoms with E-state index in [0.29, 0.717) is 24.0 Å². The molecule has 3 rings (SSSR count). The highest BCUT2D eigenvalue weighted by Crippen LogP contribution is 2.38. The Bertz CT molecular complexity index is 484. The summed E-state index contributed by atoms with van der Waals surface area (Å²) in [7, 11) is 0. The summed E-state index contributed by atoms with van der Waals surface area (Å²) in [4.78, 5) is 2.69. The van der Waals surface area contributed by atoms with Crippen LogP contribution in [-0.4, -0.2) is 30.1 Å². The molecule has 1 aliphatic carbocycles. The van der Waals surface area contributed by atoms with E-state index in [0.717, 1.165) is 24.0 Å². The fourth-order valence-electron chi connectivity index (χ4n) is 3.69. The number of piperazine rings is 1. The van der Waals surface area contributed by atoms with Gasteiger partial charge in [0.2, 0.25) is 0 Å². The number of halogens is 1. The zero-order valence-corrected chi connectivity index (χ0v) is 14.1. The molecule has 1 aromatic carbocycles. The Kier molecular flexibility index (Phi) is 4.58. The van der Waals surface area contributed by atoms with Crippen LogP contribution in [0.5, 0.6) is 0 Å². The Labute approximate surface area is 133 Å². The third kappa shape index (κ3) is 3.28. The number of nitrogens with one attached hydrogen (secondary N) is 1. The van der Waals surface area contributed by atoms with Gasteiger partial charge >= 0.3 is 0 Å². The lowest BCUT2D eigenvalue weighted by Crippen LogP contribution is -2.59. The molecule has 2 nitrogen and oxygen atoms in total. The minimum absolute atomic E-state index is 0.384. The third-order valence-electron chi connectivity index (χ3n) is 5.24. The smallest absolute Gasteiger partial charge is 0.0453 e. The summed E-state index contributed by atoms with van der Waals surface area (Å²) in [5, 5.41) is 4.69. The SMILES string of the molecule is CC(C)C1CNC(C2CC2)CN1C(C)c1ccccc1Cl. The highest BCUT2D eigenvalue weighted by molar-refractivity contribution is 6.31. The van der Waals surface area contributed by atoms with Crippen LogP contribution in [-0.2, 0) is 0 Å². The second kappa shape index (κ2) is 6.28. The fourth-order valence-corrected chi connectivity index (χ4v) is 3.98. The van der Waals surface area contributed by atoms with Crippen molar-refractivity contribution in [3.05, 3.63) is 34.9 Å². The van der Waals surface area contributed by atoms with Crippen molar-refractivity contribution in [1.29, 1.82) is 0 Å². The number of nitrogens with zero attached hydrogens (tertiary/aromatic N) is 1. The van der Waals surface area contributed by atoms with Gasteiger partial charge in [-0.1, -0.05) is 43.6 Å². The van der Waals surface area contributed by atoms with Crippen LogP contribution in [0.3, 0.4) is 0 Å². The molecular formula is C18H27ClN2. The second-order valence-corrected chi connectivity index (χ2v) is 7.47. The zero-order valence-electron chi connectivity index (χ0n) is 13.3. The third-order valence-corrected chi connectivity index (χ3v) is 5.58. The van der Waals surface area contributed by atoms with Gasteiger partial charge in [0.25, 0.3) is 0 Å². The van der Waals surface area contributed by atoms with Crippen LogP contribution in [0, 0.1) is 11.8 Å². The van der Waals surface area contributed by atoms with E-state index in [1.807, 2.05) is 12.1 Å². The van der Waals surface area contributed by atoms with E-state index in [9.17, 15) is 0 Å². The largest absolute Gasteiger partial charge is 0.311 e. The van der Waals surface area contributed by atoms with Crippen molar-refractivity contribution in [1.82, 2.24) is 10.2 Å². The molecule has 1 heterocycles. The quantitative estimate of drug-likeness (QED) is 0.900. The van der Waals surface area contributed by atoms with Crippen molar-refractivity contribution in [2.75, 3.05) is 13.1 Å². The molecular weight excluding hydrogens is 280 g/mol. The molecule has 2 fully saturated rings. The molecule has 0 spiro atoms. The van der Waals surface area contributed by atoms with Crippen LogP contribution >= 0.6 is 11.6 Å². The summed E-state index contributed by atoms with van der Waals surface area (Å²) in [6.07, 6.45) is 2.80. The van der Waals surface area contributed by atoms with Crippen molar-refractivity contribution >= 4 is 11.6 Å². The molecule has 3 heteroatoms. The van der Waals surface area contributed by atoms with Gasteiger partial charge < -0.3 is 5.32 Å². The van der Waals surface area contributed by atoms with E-state index in [2.05, 4.69) is 43.1 Å². The summed E-state index contributed by atoms with van der Waals surface area (Å²) in [6.45, 7) is 9.23. The molecule has 1 N–H and O–H groups in total. The van der Waals surface area contributed by atoms with E-state index < -0.39 is 0 Å². The molecule has 116 valence electrons. The summed E-state index contributed by atoms with van der Waals surface area (Å²) in [6, 6.07) is 9.95. The molecule has 3 unspecified atom stereocenters. The summed E-state index contributed by atoms with van der Waals surface area (Å²) >= 11 is 6.43. The van der Waals surface area contributed by atoms with Gasteiger partial charge in [0.15, 0.2) is 0 Å². The monoisotopic (exact) mass is 306 g/mol. The molecule has 1 saturated heterocycles. The standard InChI is InChI=1S/C18H27ClN2/c1-12(2)18-10-20-17(14-8-9-14)11-21(18)13(3)15-6-4-5-7-16(15)19/h4-7,12-14,17-18,20H,8-11H2,1-3H3. The topological polar surface area (TPSA) is 15.3 Å². The predicted octanol–water partition coefficient (Wildman–Crippen LogP) is 4.11. The van der Waals surface area contributed by atoms with Gasteiger partial charge in [-0.15, -0.1) is 0 Å². The first-order valence-corrected chi connectivity index (χ1v) is 8.69. The highest BCUT2D eigenvalue weighted by atomic mass is 35.5. The van der Waals surface area contributed by atoms with Crippen LogP contribution in [0.2, 0.25) is 5.02 Å². The number of rotatable bonds is 4. The van der Waals surface area contributed by atoms with Gasteiger partial charge in [-0.2, -0.15) is 0 Å². The molecule has 0 radical (unpaired) electrons. The van der Waals surface area contributed by atoms with Gasteiger partial charge in [-0.05, 0) is 43.2 Å². The van der Waals surface area contributed by atoms with E-state index >= 15 is 0 Å². The minimum atomic E-state index is 0.384. The normalized spacial score (nSPS) is 28.8. The van der Waals surface area contributed by atoms with Gasteiger partial charge in [0.1, 0.15) is 0 Å². The number of hydrogen-bond acceptors (Lipinski definition) is 2. The molecule has 0 bridgehead atoms. The van der Waals surface area contributed by atoms with Crippen molar-refractivity contribution in [3.63, 3.8) is 0 Å². The van der Waals surface area contributed by atoms with Crippen LogP contribution < -0.4 is 5.32 Å². The van der Waals surface area contributed by atoms with Gasteiger partial charge in [0, 0.05) is 36.2 Å². The van der Waals surface area contributed by atoms with Gasteiger partial charge in [0.05, 0.1) is 0 Å². The van der Waals surface area contributed by atoms with E-state index in [4.69, 9.17) is 11.6 Å². The van der Waals surface area contributed by atoms with Crippen LogP contribution in [0.4, 0.5) is 0 Å². The maximum atomic E-state index is 6.43. The lowest BCUT2D eigenvalue weighted by atomic mass is 9.93. The fraction of sp³-hybridized carbons (Fsp3) is 0.667. The molecule has 1 saturated carbocycles. The van der Waals surface area contributed by atoms with E-state index in [1.54, 1.807) is 0 Å². The average Bonchev–Trinajstić information content (AvgIpc) is 3.31. The highest BCUT2D eigenvalue weighted by Gasteiger charge is 2.39. The summed E-state index contributed by atoms with van der Waals surface area (Å²) < 4.78 is 0. The Morgan fingerprint density at radius 3 is 2.52 bits per heavy atom. The summed E-state index contributed by atoms with van der Waals surface area (Å²) in [5.74, 6) is 1.56. The Balaban J connectivity index is 1.82. The maximum absolute atomic E-state index is 6.43. The summed E-state index contributed by atoms with van der Waals surface area (Å²) in [5.41, 5.74) is 1.27. The predicted molar refractivity (Wildman–Crippen MR) is 89.7 cm³/mol. The Morgan fingerprint density at radius 1 is 1.19 bits per heavy atom. The molecule has 21 heavy (non-hydrogen) atoms. The first kappa shape index (κ1) is 15.3. The molecule has 2 aliphatic rings. The maximum Gasteiger partial charge on any atom is 0.0453 e. The van der Waals surface area contributed by atoms with Crippen molar-refractivity contribution in [2.24, 2.45) is 11.8 Å². The minimum Gasteiger partial charge on any atom is -0.311 e. The van der Waals surface area contributed by atoms with Crippen molar-refractivity contribution < 1.29 is 0 Å². The Hall–Kier alpha value is -0.570. The first-order valence-electron chi connectivity index (χ1n) is 8.31. The Morgan fingerprint density at radius 2 is 1.90 bits per heavy atom.